The molecule has 258 valence electrons. The highest BCUT2D eigenvalue weighted by Crippen LogP contribution is 2.57. The molecular weight excluding hydrogens is 663 g/mol. The molecule has 2 unspecified atom stereocenters. The molecule has 16 heteroatoms. The standard InChI is InChI=1S/C31H32F7NO7S/c1-2-45-21-9-11-22(12-10-21)47(43,44)28-14-3-15-39(26(40)18-4-6-19(7-5-18)27(41)42)25(28)17-46-24-16-20(8-13-23(24)28)29(32,30(33,34)35)31(36,37)38/h8-13,16,18-19,25H,2-7,14-15,17H2,1H3,(H,41,42)/t18-,19-,25?,28?. The van der Waals surface area contributed by atoms with Crippen LogP contribution in [0.4, 0.5) is 30.7 Å². The van der Waals surface area contributed by atoms with E-state index >= 15 is 4.39 Å². The van der Waals surface area contributed by atoms with Gasteiger partial charge in [-0.25, -0.2) is 12.8 Å². The van der Waals surface area contributed by atoms with Gasteiger partial charge in [-0.2, -0.15) is 26.3 Å². The topological polar surface area (TPSA) is 110 Å². The maximum Gasteiger partial charge on any atom is 0.435 e. The number of carbonyl (C=O) groups excluding carboxylic acids is 1. The Kier molecular flexibility index (Phi) is 8.99. The Labute approximate surface area is 265 Å². The van der Waals surface area contributed by atoms with Crippen LogP contribution in [0.25, 0.3) is 0 Å². The fourth-order valence-corrected chi connectivity index (χ4v) is 9.46. The van der Waals surface area contributed by atoms with Gasteiger partial charge < -0.3 is 19.5 Å². The van der Waals surface area contributed by atoms with Gasteiger partial charge in [0.15, 0.2) is 9.84 Å². The number of carboxylic acids is 1. The van der Waals surface area contributed by atoms with Gasteiger partial charge in [-0.3, -0.25) is 9.59 Å². The second-order valence-corrected chi connectivity index (χ2v) is 14.2. The quantitative estimate of drug-likeness (QED) is 0.338. The van der Waals surface area contributed by atoms with E-state index in [9.17, 15) is 49.5 Å². The zero-order valence-electron chi connectivity index (χ0n) is 25.0. The van der Waals surface area contributed by atoms with Crippen LogP contribution in [0.2, 0.25) is 0 Å². The molecule has 2 aliphatic heterocycles. The van der Waals surface area contributed by atoms with Gasteiger partial charge in [0, 0.05) is 23.6 Å². The van der Waals surface area contributed by atoms with Gasteiger partial charge >= 0.3 is 24.0 Å². The first-order valence-electron chi connectivity index (χ1n) is 15.0. The Morgan fingerprint density at radius 3 is 2.11 bits per heavy atom. The molecule has 0 spiro atoms. The molecule has 47 heavy (non-hydrogen) atoms. The number of rotatable bonds is 7. The van der Waals surface area contributed by atoms with Gasteiger partial charge in [0.25, 0.3) is 0 Å². The average molecular weight is 696 g/mol. The number of aliphatic carboxylic acids is 1. The van der Waals surface area contributed by atoms with Crippen molar-refractivity contribution in [1.29, 1.82) is 0 Å². The van der Waals surface area contributed by atoms with Crippen LogP contribution in [0, 0.1) is 11.8 Å². The number of ether oxygens (including phenoxy) is 2. The SMILES string of the molecule is CCOc1ccc(S(=O)(=O)C23CCCN(C(=O)[C@H]4CC[C@H](C(=O)O)CC4)C2COc2cc(C(F)(C(F)(F)F)C(F)(F)F)ccc23)cc1. The highest BCUT2D eigenvalue weighted by atomic mass is 32.2. The Morgan fingerprint density at radius 2 is 1.55 bits per heavy atom. The molecule has 1 aliphatic carbocycles. The van der Waals surface area contributed by atoms with Crippen molar-refractivity contribution < 1.29 is 63.3 Å². The monoisotopic (exact) mass is 695 g/mol. The summed E-state index contributed by atoms with van der Waals surface area (Å²) in [5, 5.41) is 9.36. The van der Waals surface area contributed by atoms with Crippen molar-refractivity contribution >= 4 is 21.7 Å². The van der Waals surface area contributed by atoms with Crippen molar-refractivity contribution in [3.05, 3.63) is 53.6 Å². The highest BCUT2D eigenvalue weighted by Gasteiger charge is 2.74. The van der Waals surface area contributed by atoms with Crippen molar-refractivity contribution in [2.24, 2.45) is 11.8 Å². The number of alkyl halides is 7. The van der Waals surface area contributed by atoms with Crippen LogP contribution < -0.4 is 9.47 Å². The Bertz CT molecular complexity index is 1610. The number of amides is 1. The molecule has 1 N–H and O–H groups in total. The normalized spacial score (nSPS) is 25.3. The maximum absolute atomic E-state index is 15.1. The van der Waals surface area contributed by atoms with E-state index in [1.165, 1.54) is 29.2 Å². The van der Waals surface area contributed by atoms with Crippen LogP contribution in [-0.2, 0) is 29.8 Å². The first kappa shape index (κ1) is 34.8. The summed E-state index contributed by atoms with van der Waals surface area (Å²) < 4.78 is 135. The third-order valence-corrected chi connectivity index (χ3v) is 12.1. The second kappa shape index (κ2) is 12.2. The molecule has 8 nitrogen and oxygen atoms in total. The Balaban J connectivity index is 1.64. The molecule has 2 aromatic rings. The molecule has 1 saturated carbocycles. The van der Waals surface area contributed by atoms with E-state index in [0.29, 0.717) is 11.8 Å². The minimum absolute atomic E-state index is 0.0788. The van der Waals surface area contributed by atoms with E-state index in [4.69, 9.17) is 9.47 Å². The molecule has 2 aromatic carbocycles. The average Bonchev–Trinajstić information content (AvgIpc) is 3.02. The van der Waals surface area contributed by atoms with E-state index in [1.807, 2.05) is 0 Å². The van der Waals surface area contributed by atoms with Gasteiger partial charge in [0.2, 0.25) is 5.91 Å². The van der Waals surface area contributed by atoms with Crippen molar-refractivity contribution in [2.45, 2.75) is 79.2 Å². The first-order valence-corrected chi connectivity index (χ1v) is 16.5. The van der Waals surface area contributed by atoms with Gasteiger partial charge in [-0.15, -0.1) is 0 Å². The molecular formula is C31H32F7NO7S. The smallest absolute Gasteiger partial charge is 0.435 e. The number of carboxylic acid groups (broad SMARTS) is 1. The lowest BCUT2D eigenvalue weighted by Crippen LogP contribution is -2.64. The van der Waals surface area contributed by atoms with Crippen molar-refractivity contribution in [2.75, 3.05) is 19.8 Å². The second-order valence-electron chi connectivity index (χ2n) is 12.0. The number of piperidine rings is 1. The van der Waals surface area contributed by atoms with Crippen LogP contribution in [0.3, 0.4) is 0 Å². The highest BCUT2D eigenvalue weighted by molar-refractivity contribution is 7.92. The summed E-state index contributed by atoms with van der Waals surface area (Å²) in [6.45, 7) is 1.45. The van der Waals surface area contributed by atoms with Gasteiger partial charge in [0.1, 0.15) is 22.9 Å². The number of sulfone groups is 1. The van der Waals surface area contributed by atoms with Crippen molar-refractivity contribution in [1.82, 2.24) is 4.90 Å². The minimum atomic E-state index is -6.41. The van der Waals surface area contributed by atoms with Crippen LogP contribution >= 0.6 is 0 Å². The zero-order valence-corrected chi connectivity index (χ0v) is 25.9. The fraction of sp³-hybridized carbons (Fsp3) is 0.548. The lowest BCUT2D eigenvalue weighted by atomic mass is 9.77. The lowest BCUT2D eigenvalue weighted by molar-refractivity contribution is -0.348. The number of hydrogen-bond donors (Lipinski definition) is 1. The third kappa shape index (κ3) is 5.59. The number of likely N-dealkylation sites (tertiary alicyclic amines) is 1. The van der Waals surface area contributed by atoms with Crippen LogP contribution in [0.5, 0.6) is 11.5 Å². The fourth-order valence-electron chi connectivity index (χ4n) is 7.12. The van der Waals surface area contributed by atoms with E-state index in [-0.39, 0.29) is 74.3 Å². The number of benzene rings is 2. The summed E-state index contributed by atoms with van der Waals surface area (Å²) in [4.78, 5) is 26.5. The van der Waals surface area contributed by atoms with Gasteiger partial charge in [0.05, 0.1) is 23.5 Å². The number of halogens is 7. The van der Waals surface area contributed by atoms with Crippen molar-refractivity contribution in [3.8, 4) is 11.5 Å². The first-order chi connectivity index (χ1) is 21.9. The maximum atomic E-state index is 15.1. The molecule has 2 heterocycles. The molecule has 2 atom stereocenters. The van der Waals surface area contributed by atoms with E-state index < -0.39 is 80.3 Å². The Hall–Kier alpha value is -3.56. The summed E-state index contributed by atoms with van der Waals surface area (Å²) >= 11 is 0. The van der Waals surface area contributed by atoms with E-state index in [0.717, 1.165) is 0 Å². The number of hydrogen-bond acceptors (Lipinski definition) is 6. The number of carbonyl (C=O) groups is 2. The number of nitrogens with zero attached hydrogens (tertiary/aromatic N) is 1. The molecule has 0 aromatic heterocycles. The van der Waals surface area contributed by atoms with Crippen molar-refractivity contribution in [3.63, 3.8) is 0 Å². The molecule has 1 saturated heterocycles. The predicted octanol–water partition coefficient (Wildman–Crippen LogP) is 6.32. The molecule has 0 bridgehead atoms. The summed E-state index contributed by atoms with van der Waals surface area (Å²) in [5.41, 5.74) is -7.91. The molecule has 2 fully saturated rings. The lowest BCUT2D eigenvalue weighted by Gasteiger charge is -2.52. The van der Waals surface area contributed by atoms with E-state index in [2.05, 4.69) is 0 Å². The number of fused-ring (bicyclic) bond motifs is 3. The summed E-state index contributed by atoms with van der Waals surface area (Å²) in [5.74, 6) is -3.04. The molecule has 0 radical (unpaired) electrons. The van der Waals surface area contributed by atoms with Crippen LogP contribution in [-0.4, -0.2) is 68.5 Å². The summed E-state index contributed by atoms with van der Waals surface area (Å²) in [6, 6.07) is 5.22. The summed E-state index contributed by atoms with van der Waals surface area (Å²) in [6.07, 6.45) is -12.0. The van der Waals surface area contributed by atoms with Gasteiger partial charge in [-0.05, 0) is 75.8 Å². The zero-order chi connectivity index (χ0) is 34.6. The van der Waals surface area contributed by atoms with E-state index in [1.54, 1.807) is 6.92 Å². The molecule has 1 amide bonds. The Morgan fingerprint density at radius 1 is 0.957 bits per heavy atom. The largest absolute Gasteiger partial charge is 0.494 e. The van der Waals surface area contributed by atoms with Crippen LogP contribution in [0.15, 0.2) is 47.4 Å². The third-order valence-electron chi connectivity index (χ3n) is 9.51. The van der Waals surface area contributed by atoms with Crippen LogP contribution in [0.1, 0.15) is 56.6 Å². The van der Waals surface area contributed by atoms with Gasteiger partial charge in [-0.1, -0.05) is 12.1 Å². The summed E-state index contributed by atoms with van der Waals surface area (Å²) in [7, 11) is -4.60. The molecule has 5 rings (SSSR count). The minimum Gasteiger partial charge on any atom is -0.494 e. The predicted molar refractivity (Wildman–Crippen MR) is 151 cm³/mol. The molecule has 3 aliphatic rings.